The first-order valence-electron chi connectivity index (χ1n) is 9.63. The molecule has 0 bridgehead atoms. The van der Waals surface area contributed by atoms with E-state index in [0.29, 0.717) is 17.2 Å². The Morgan fingerprint density at radius 3 is 2.59 bits per heavy atom. The number of fused-ring (bicyclic) bond motifs is 2. The topological polar surface area (TPSA) is 46.5 Å². The van der Waals surface area contributed by atoms with Crippen molar-refractivity contribution in [2.75, 3.05) is 0 Å². The third-order valence-electron chi connectivity index (χ3n) is 5.79. The van der Waals surface area contributed by atoms with Gasteiger partial charge in [0.2, 0.25) is 0 Å². The van der Waals surface area contributed by atoms with Gasteiger partial charge in [-0.05, 0) is 36.6 Å². The first kappa shape index (κ1) is 18.1. The summed E-state index contributed by atoms with van der Waals surface area (Å²) in [6.07, 6.45) is 4.05. The second kappa shape index (κ2) is 6.57. The minimum absolute atomic E-state index is 0.0878. The van der Waals surface area contributed by atoms with E-state index in [2.05, 4.69) is 19.5 Å². The predicted molar refractivity (Wildman–Crippen MR) is 102 cm³/mol. The molecule has 29 heavy (non-hydrogen) atoms. The lowest BCUT2D eigenvalue weighted by molar-refractivity contribution is -0.138. The second-order valence-corrected chi connectivity index (χ2v) is 7.55. The van der Waals surface area contributed by atoms with Crippen LogP contribution in [0.15, 0.2) is 36.9 Å². The molecule has 0 aliphatic heterocycles. The summed E-state index contributed by atoms with van der Waals surface area (Å²) in [7, 11) is 0. The molecular weight excluding hydrogens is 384 g/mol. The Labute approximate surface area is 163 Å². The Morgan fingerprint density at radius 2 is 1.83 bits per heavy atom. The van der Waals surface area contributed by atoms with E-state index < -0.39 is 17.6 Å². The van der Waals surface area contributed by atoms with Crippen molar-refractivity contribution in [2.45, 2.75) is 44.3 Å². The highest BCUT2D eigenvalue weighted by Crippen LogP contribution is 2.40. The van der Waals surface area contributed by atoms with E-state index in [-0.39, 0.29) is 11.0 Å². The lowest BCUT2D eigenvalue weighted by atomic mass is 9.95. The number of aromatic amines is 1. The number of imidazole rings is 2. The Hall–Kier alpha value is -2.90. The highest BCUT2D eigenvalue weighted by molar-refractivity contribution is 5.96. The van der Waals surface area contributed by atoms with Crippen LogP contribution >= 0.6 is 0 Å². The number of benzene rings is 2. The first-order chi connectivity index (χ1) is 13.9. The molecule has 150 valence electrons. The van der Waals surface area contributed by atoms with Gasteiger partial charge in [0.05, 0.1) is 34.7 Å². The zero-order valence-electron chi connectivity index (χ0n) is 15.4. The highest BCUT2D eigenvalue weighted by atomic mass is 19.4. The average molecular weight is 402 g/mol. The molecule has 0 unspecified atom stereocenters. The van der Waals surface area contributed by atoms with Crippen LogP contribution in [0.4, 0.5) is 17.6 Å². The van der Waals surface area contributed by atoms with Crippen LogP contribution in [-0.4, -0.2) is 19.5 Å². The van der Waals surface area contributed by atoms with Gasteiger partial charge in [-0.2, -0.15) is 13.2 Å². The van der Waals surface area contributed by atoms with Crippen LogP contribution in [-0.2, 0) is 6.18 Å². The van der Waals surface area contributed by atoms with Gasteiger partial charge in [-0.1, -0.05) is 25.3 Å². The SMILES string of the molecule is Fc1cc(-c2ccc3c(c2)ncn3C2CCCCC2)c2nc[nH]c2c1C(F)(F)F. The second-order valence-electron chi connectivity index (χ2n) is 7.55. The highest BCUT2D eigenvalue weighted by Gasteiger charge is 2.38. The van der Waals surface area contributed by atoms with Gasteiger partial charge in [0.15, 0.2) is 0 Å². The Morgan fingerprint density at radius 1 is 1.03 bits per heavy atom. The minimum atomic E-state index is -4.81. The van der Waals surface area contributed by atoms with Crippen molar-refractivity contribution in [1.29, 1.82) is 0 Å². The fourth-order valence-corrected chi connectivity index (χ4v) is 4.42. The molecule has 5 rings (SSSR count). The van der Waals surface area contributed by atoms with Crippen LogP contribution < -0.4 is 0 Å². The van der Waals surface area contributed by atoms with Crippen molar-refractivity contribution in [3.8, 4) is 11.1 Å². The van der Waals surface area contributed by atoms with Crippen molar-refractivity contribution < 1.29 is 17.6 Å². The molecule has 1 N–H and O–H groups in total. The maximum absolute atomic E-state index is 14.4. The molecule has 1 fully saturated rings. The smallest absolute Gasteiger partial charge is 0.344 e. The molecule has 1 aliphatic carbocycles. The van der Waals surface area contributed by atoms with Gasteiger partial charge in [-0.25, -0.2) is 14.4 Å². The van der Waals surface area contributed by atoms with Gasteiger partial charge < -0.3 is 9.55 Å². The van der Waals surface area contributed by atoms with Crippen LogP contribution in [0.1, 0.15) is 43.7 Å². The van der Waals surface area contributed by atoms with E-state index in [4.69, 9.17) is 0 Å². The number of H-pyrrole nitrogens is 1. The van der Waals surface area contributed by atoms with Crippen LogP contribution in [0, 0.1) is 5.82 Å². The first-order valence-corrected chi connectivity index (χ1v) is 9.63. The maximum atomic E-state index is 14.4. The number of hydrogen-bond donors (Lipinski definition) is 1. The number of halogens is 4. The number of hydrogen-bond acceptors (Lipinski definition) is 2. The number of aromatic nitrogens is 4. The molecule has 2 heterocycles. The standard InChI is InChI=1S/C21H18F4N4/c22-15-9-14(19-20(27-10-26-19)18(15)21(23,24)25)12-6-7-17-16(8-12)28-11-29(17)13-4-2-1-3-5-13/h6-11,13H,1-5H2,(H,26,27). The summed E-state index contributed by atoms with van der Waals surface area (Å²) in [6.45, 7) is 0. The molecule has 0 atom stereocenters. The van der Waals surface area contributed by atoms with E-state index in [9.17, 15) is 17.6 Å². The molecule has 2 aromatic heterocycles. The Balaban J connectivity index is 1.63. The van der Waals surface area contributed by atoms with Gasteiger partial charge in [-0.3, -0.25) is 0 Å². The monoisotopic (exact) mass is 402 g/mol. The molecule has 4 nitrogen and oxygen atoms in total. The number of rotatable bonds is 2. The zero-order chi connectivity index (χ0) is 20.2. The number of nitrogens with zero attached hydrogens (tertiary/aromatic N) is 3. The molecule has 0 radical (unpaired) electrons. The van der Waals surface area contributed by atoms with Crippen LogP contribution in [0.5, 0.6) is 0 Å². The summed E-state index contributed by atoms with van der Waals surface area (Å²) >= 11 is 0. The van der Waals surface area contributed by atoms with Gasteiger partial charge in [0, 0.05) is 11.6 Å². The van der Waals surface area contributed by atoms with E-state index in [1.807, 2.05) is 12.4 Å². The van der Waals surface area contributed by atoms with Crippen molar-refractivity contribution in [1.82, 2.24) is 19.5 Å². The molecule has 0 spiro atoms. The van der Waals surface area contributed by atoms with Crippen molar-refractivity contribution in [2.24, 2.45) is 0 Å². The van der Waals surface area contributed by atoms with E-state index >= 15 is 0 Å². The normalized spacial score (nSPS) is 16.1. The summed E-state index contributed by atoms with van der Waals surface area (Å²) in [4.78, 5) is 10.9. The van der Waals surface area contributed by atoms with Crippen LogP contribution in [0.25, 0.3) is 33.2 Å². The number of nitrogens with one attached hydrogen (secondary N) is 1. The Kier molecular flexibility index (Phi) is 4.11. The summed E-state index contributed by atoms with van der Waals surface area (Å²) in [5.74, 6) is -1.32. The van der Waals surface area contributed by atoms with E-state index in [0.717, 1.165) is 36.3 Å². The summed E-state index contributed by atoms with van der Waals surface area (Å²) in [6, 6.07) is 6.80. The quantitative estimate of drug-likeness (QED) is 0.403. The minimum Gasteiger partial charge on any atom is -0.344 e. The molecule has 0 saturated heterocycles. The lowest BCUT2D eigenvalue weighted by Crippen LogP contribution is -2.11. The molecule has 4 aromatic rings. The van der Waals surface area contributed by atoms with Crippen molar-refractivity contribution >= 4 is 22.1 Å². The fourth-order valence-electron chi connectivity index (χ4n) is 4.42. The zero-order valence-corrected chi connectivity index (χ0v) is 15.4. The fraction of sp³-hybridized carbons (Fsp3) is 0.333. The molecule has 1 aliphatic rings. The van der Waals surface area contributed by atoms with Crippen LogP contribution in [0.3, 0.4) is 0 Å². The third kappa shape index (κ3) is 2.97. The summed E-state index contributed by atoms with van der Waals surface area (Å²) in [5.41, 5.74) is 1.02. The van der Waals surface area contributed by atoms with E-state index in [1.165, 1.54) is 19.3 Å². The molecule has 1 saturated carbocycles. The predicted octanol–water partition coefficient (Wildman–Crippen LogP) is 6.24. The summed E-state index contributed by atoms with van der Waals surface area (Å²) in [5, 5.41) is 0. The van der Waals surface area contributed by atoms with Gasteiger partial charge in [-0.15, -0.1) is 0 Å². The van der Waals surface area contributed by atoms with Crippen molar-refractivity contribution in [3.05, 3.63) is 48.3 Å². The largest absolute Gasteiger partial charge is 0.421 e. The van der Waals surface area contributed by atoms with E-state index in [1.54, 1.807) is 12.1 Å². The Bertz CT molecular complexity index is 1200. The molecule has 8 heteroatoms. The maximum Gasteiger partial charge on any atom is 0.421 e. The summed E-state index contributed by atoms with van der Waals surface area (Å²) < 4.78 is 56.4. The van der Waals surface area contributed by atoms with Gasteiger partial charge in [0.1, 0.15) is 11.4 Å². The number of alkyl halides is 3. The van der Waals surface area contributed by atoms with Gasteiger partial charge in [0.25, 0.3) is 0 Å². The lowest BCUT2D eigenvalue weighted by Gasteiger charge is -2.23. The van der Waals surface area contributed by atoms with Crippen LogP contribution in [0.2, 0.25) is 0 Å². The molecule has 2 aromatic carbocycles. The average Bonchev–Trinajstić information content (AvgIpc) is 3.33. The van der Waals surface area contributed by atoms with Gasteiger partial charge >= 0.3 is 6.18 Å². The third-order valence-corrected chi connectivity index (χ3v) is 5.79. The van der Waals surface area contributed by atoms with Crippen molar-refractivity contribution in [3.63, 3.8) is 0 Å². The molecule has 0 amide bonds. The molecular formula is C21H18F4N4.